The predicted molar refractivity (Wildman–Crippen MR) is 60.8 cm³/mol. The third-order valence-corrected chi connectivity index (χ3v) is 0.544. The predicted octanol–water partition coefficient (Wildman–Crippen LogP) is 3.41. The molecule has 5 heteroatoms. The minimum absolute atomic E-state index is 0.375. The lowest BCUT2D eigenvalue weighted by Crippen LogP contribution is -2.09. The average molecular weight is 254 g/mol. The lowest BCUT2D eigenvalue weighted by Gasteiger charge is -2.09. The highest BCUT2D eigenvalue weighted by molar-refractivity contribution is 6.63. The second-order valence-corrected chi connectivity index (χ2v) is 4.46. The molecule has 13 heavy (non-hydrogen) atoms. The Hall–Kier alpha value is 0.790. The summed E-state index contributed by atoms with van der Waals surface area (Å²) in [7, 11) is 1.00. The van der Waals surface area contributed by atoms with Gasteiger partial charge in [-0.3, -0.25) is 0 Å². The standard InChI is InChI=1S/C6H14O.CHCl3.CH4O/c1-5(2)7-6(3)4;2-1(3)4;1-2/h5-6H,1-4H3;1H;2H,1H3. The molecule has 0 bridgehead atoms. The number of hydrogen-bond acceptors (Lipinski definition) is 2. The fourth-order valence-electron chi connectivity index (χ4n) is 0.544. The number of aliphatic hydroxyl groups is 1. The van der Waals surface area contributed by atoms with Crippen molar-refractivity contribution in [2.45, 2.75) is 44.2 Å². The molecular weight excluding hydrogens is 234 g/mol. The van der Waals surface area contributed by atoms with Crippen molar-refractivity contribution in [2.75, 3.05) is 7.11 Å². The van der Waals surface area contributed by atoms with Gasteiger partial charge < -0.3 is 9.84 Å². The molecule has 0 radical (unpaired) electrons. The van der Waals surface area contributed by atoms with Gasteiger partial charge in [0.05, 0.1) is 12.2 Å². The van der Waals surface area contributed by atoms with Gasteiger partial charge in [-0.15, -0.1) is 0 Å². The Morgan fingerprint density at radius 2 is 1.00 bits per heavy atom. The fraction of sp³-hybridized carbons (Fsp3) is 1.00. The number of halogens is 3. The Labute approximate surface area is 96.1 Å². The molecule has 0 spiro atoms. The maximum absolute atomic E-state index is 7.00. The molecule has 0 aromatic rings. The Morgan fingerprint density at radius 3 is 1.00 bits per heavy atom. The normalized spacial score (nSPS) is 9.23. The third kappa shape index (κ3) is 64.9. The summed E-state index contributed by atoms with van der Waals surface area (Å²) in [5, 5.41) is 7.00. The van der Waals surface area contributed by atoms with Crippen LogP contribution in [0.2, 0.25) is 0 Å². The third-order valence-electron chi connectivity index (χ3n) is 0.544. The Kier molecular flexibility index (Phi) is 22.8. The van der Waals surface area contributed by atoms with Crippen LogP contribution in [-0.4, -0.2) is 28.7 Å². The summed E-state index contributed by atoms with van der Waals surface area (Å²) < 4.78 is 4.50. The van der Waals surface area contributed by atoms with Crippen LogP contribution < -0.4 is 0 Å². The van der Waals surface area contributed by atoms with Crippen LogP contribution in [-0.2, 0) is 4.74 Å². The van der Waals surface area contributed by atoms with Crippen LogP contribution in [0.1, 0.15) is 27.7 Å². The van der Waals surface area contributed by atoms with E-state index in [1.54, 1.807) is 0 Å². The van der Waals surface area contributed by atoms with E-state index in [4.69, 9.17) is 44.6 Å². The SMILES string of the molecule is CC(C)OC(C)C.CO.ClC(Cl)Cl. The van der Waals surface area contributed by atoms with Crippen LogP contribution in [0.5, 0.6) is 0 Å². The minimum atomic E-state index is -0.750. The van der Waals surface area contributed by atoms with Crippen LogP contribution in [0.3, 0.4) is 0 Å². The Balaban J connectivity index is -0.000000142. The summed E-state index contributed by atoms with van der Waals surface area (Å²) in [5.74, 6) is 0. The monoisotopic (exact) mass is 252 g/mol. The van der Waals surface area contributed by atoms with Gasteiger partial charge in [-0.2, -0.15) is 0 Å². The number of ether oxygens (including phenoxy) is 1. The van der Waals surface area contributed by atoms with E-state index in [1.807, 2.05) is 27.7 Å². The zero-order chi connectivity index (χ0) is 11.4. The lowest BCUT2D eigenvalue weighted by molar-refractivity contribution is 0.0300. The molecule has 0 atom stereocenters. The number of aliphatic hydroxyl groups excluding tert-OH is 1. The summed E-state index contributed by atoms with van der Waals surface area (Å²) in [6.45, 7) is 8.17. The first-order chi connectivity index (χ1) is 5.86. The zero-order valence-corrected chi connectivity index (χ0v) is 11.0. The van der Waals surface area contributed by atoms with Crippen molar-refractivity contribution < 1.29 is 9.84 Å². The number of rotatable bonds is 2. The lowest BCUT2D eigenvalue weighted by atomic mass is 10.4. The van der Waals surface area contributed by atoms with Gasteiger partial charge in [0, 0.05) is 7.11 Å². The molecule has 0 saturated carbocycles. The van der Waals surface area contributed by atoms with E-state index in [9.17, 15) is 0 Å². The van der Waals surface area contributed by atoms with Crippen molar-refractivity contribution in [1.29, 1.82) is 0 Å². The molecule has 0 rings (SSSR count). The largest absolute Gasteiger partial charge is 0.400 e. The van der Waals surface area contributed by atoms with E-state index in [1.165, 1.54) is 0 Å². The molecule has 0 heterocycles. The smallest absolute Gasteiger partial charge is 0.180 e. The van der Waals surface area contributed by atoms with Crippen molar-refractivity contribution in [3.63, 3.8) is 0 Å². The number of hydrogen-bond donors (Lipinski definition) is 1. The van der Waals surface area contributed by atoms with Crippen LogP contribution in [0.25, 0.3) is 0 Å². The summed E-state index contributed by atoms with van der Waals surface area (Å²) in [6.07, 6.45) is 0.750. The van der Waals surface area contributed by atoms with E-state index in [0.29, 0.717) is 12.2 Å². The molecule has 84 valence electrons. The Morgan fingerprint density at radius 1 is 0.846 bits per heavy atom. The second kappa shape index (κ2) is 15.3. The molecule has 1 N–H and O–H groups in total. The summed E-state index contributed by atoms with van der Waals surface area (Å²) in [6, 6.07) is 0. The summed E-state index contributed by atoms with van der Waals surface area (Å²) in [4.78, 5) is 0. The first kappa shape index (κ1) is 19.4. The molecule has 0 aliphatic heterocycles. The van der Waals surface area contributed by atoms with Gasteiger partial charge in [0.15, 0.2) is 4.30 Å². The fourth-order valence-corrected chi connectivity index (χ4v) is 0.544. The van der Waals surface area contributed by atoms with Crippen molar-refractivity contribution in [3.05, 3.63) is 0 Å². The van der Waals surface area contributed by atoms with Gasteiger partial charge in [-0.25, -0.2) is 0 Å². The van der Waals surface area contributed by atoms with Crippen LogP contribution in [0.4, 0.5) is 0 Å². The van der Waals surface area contributed by atoms with Crippen LogP contribution >= 0.6 is 34.8 Å². The van der Waals surface area contributed by atoms with Gasteiger partial charge in [0.25, 0.3) is 0 Å². The van der Waals surface area contributed by atoms with Gasteiger partial charge in [0.2, 0.25) is 0 Å². The quantitative estimate of drug-likeness (QED) is 0.764. The molecule has 0 unspecified atom stereocenters. The highest BCUT2D eigenvalue weighted by Crippen LogP contribution is 2.03. The van der Waals surface area contributed by atoms with Crippen molar-refractivity contribution in [3.8, 4) is 0 Å². The van der Waals surface area contributed by atoms with Gasteiger partial charge in [0.1, 0.15) is 0 Å². The topological polar surface area (TPSA) is 29.5 Å². The molecule has 0 fully saturated rings. The molecule has 0 aromatic heterocycles. The molecule has 0 aromatic carbocycles. The summed E-state index contributed by atoms with van der Waals surface area (Å²) in [5.41, 5.74) is 0. The zero-order valence-electron chi connectivity index (χ0n) is 8.72. The molecular formula is C8H19Cl3O2. The minimum Gasteiger partial charge on any atom is -0.400 e. The molecule has 0 aliphatic carbocycles. The molecule has 2 nitrogen and oxygen atoms in total. The van der Waals surface area contributed by atoms with E-state index in [2.05, 4.69) is 0 Å². The van der Waals surface area contributed by atoms with Gasteiger partial charge in [-0.1, -0.05) is 34.8 Å². The van der Waals surface area contributed by atoms with Gasteiger partial charge in [-0.05, 0) is 27.7 Å². The first-order valence-corrected chi connectivity index (χ1v) is 5.19. The highest BCUT2D eigenvalue weighted by atomic mass is 35.6. The maximum atomic E-state index is 7.00. The molecule has 0 saturated heterocycles. The Bertz CT molecular complexity index is 69.0. The summed E-state index contributed by atoms with van der Waals surface area (Å²) >= 11 is 14.4. The average Bonchev–Trinajstić information content (AvgIpc) is 1.87. The van der Waals surface area contributed by atoms with Crippen molar-refractivity contribution >= 4 is 34.8 Å². The highest BCUT2D eigenvalue weighted by Gasteiger charge is 1.94. The second-order valence-electron chi connectivity index (χ2n) is 2.48. The van der Waals surface area contributed by atoms with Gasteiger partial charge >= 0.3 is 0 Å². The molecule has 0 aliphatic rings. The van der Waals surface area contributed by atoms with E-state index in [0.717, 1.165) is 7.11 Å². The van der Waals surface area contributed by atoms with Crippen molar-refractivity contribution in [1.82, 2.24) is 0 Å². The first-order valence-electron chi connectivity index (χ1n) is 3.88. The molecule has 0 amide bonds. The van der Waals surface area contributed by atoms with E-state index < -0.39 is 4.30 Å². The van der Waals surface area contributed by atoms with Crippen LogP contribution in [0.15, 0.2) is 0 Å². The number of alkyl halides is 3. The van der Waals surface area contributed by atoms with E-state index >= 15 is 0 Å². The van der Waals surface area contributed by atoms with E-state index in [-0.39, 0.29) is 0 Å². The maximum Gasteiger partial charge on any atom is 0.180 e. The van der Waals surface area contributed by atoms with Crippen LogP contribution in [0, 0.1) is 0 Å². The van der Waals surface area contributed by atoms with Crippen molar-refractivity contribution in [2.24, 2.45) is 0 Å².